The van der Waals surface area contributed by atoms with E-state index < -0.39 is 0 Å². The molecule has 0 aliphatic heterocycles. The van der Waals surface area contributed by atoms with Crippen molar-refractivity contribution in [3.05, 3.63) is 53.1 Å². The normalized spacial score (nSPS) is 11.3. The lowest BCUT2D eigenvalue weighted by molar-refractivity contribution is -0.856. The minimum absolute atomic E-state index is 0.0136. The lowest BCUT2D eigenvalue weighted by Crippen LogP contribution is -3.06. The molecule has 1 amide bonds. The van der Waals surface area contributed by atoms with Gasteiger partial charge in [-0.3, -0.25) is 9.69 Å². The fourth-order valence-electron chi connectivity index (χ4n) is 2.81. The molecule has 6 heteroatoms. The van der Waals surface area contributed by atoms with Gasteiger partial charge >= 0.3 is 0 Å². The number of hydrogen-bond acceptors (Lipinski definition) is 4. The molecule has 1 heterocycles. The summed E-state index contributed by atoms with van der Waals surface area (Å²) in [5.74, 6) is 0.0136. The summed E-state index contributed by atoms with van der Waals surface area (Å²) in [6, 6.07) is 12.1. The Kier molecular flexibility index (Phi) is 6.19. The second kappa shape index (κ2) is 8.42. The number of quaternary nitrogens is 1. The summed E-state index contributed by atoms with van der Waals surface area (Å²) >= 11 is 3.24. The number of thioether (sulfide) groups is 1. The van der Waals surface area contributed by atoms with Crippen molar-refractivity contribution in [1.29, 1.82) is 0 Å². The number of thiazole rings is 1. The summed E-state index contributed by atoms with van der Waals surface area (Å²) in [6.07, 6.45) is 2.02. The molecule has 1 aromatic heterocycles. The lowest BCUT2D eigenvalue weighted by atomic mass is 10.1. The molecule has 0 atom stereocenters. The maximum Gasteiger partial charge on any atom is 0.260 e. The van der Waals surface area contributed by atoms with Crippen LogP contribution in [-0.2, 0) is 0 Å². The maximum absolute atomic E-state index is 13.3. The minimum Gasteiger partial charge on any atom is -0.338 e. The van der Waals surface area contributed by atoms with E-state index in [4.69, 9.17) is 4.98 Å². The zero-order valence-corrected chi connectivity index (χ0v) is 18.1. The first-order valence-electron chi connectivity index (χ1n) is 9.02. The highest BCUT2D eigenvalue weighted by Crippen LogP contribution is 2.31. The number of nitrogens with one attached hydrogen (secondary N) is 1. The number of amides is 1. The molecule has 2 aromatic carbocycles. The van der Waals surface area contributed by atoms with Gasteiger partial charge in [-0.15, -0.1) is 11.8 Å². The monoisotopic (exact) mass is 400 g/mol. The van der Waals surface area contributed by atoms with Gasteiger partial charge < -0.3 is 4.90 Å². The Balaban J connectivity index is 2.01. The molecule has 0 saturated carbocycles. The van der Waals surface area contributed by atoms with Crippen LogP contribution in [0.25, 0.3) is 10.2 Å². The molecule has 4 nitrogen and oxygen atoms in total. The SMILES string of the molecule is CSc1cccc(C(=O)N(CC[NH+](C)C)c2nc3cc(C)c(C)cc3s2)c1. The zero-order chi connectivity index (χ0) is 19.6. The van der Waals surface area contributed by atoms with E-state index in [1.807, 2.05) is 35.4 Å². The molecular formula is C21H26N3OS2+. The standard InChI is InChI=1S/C21H25N3OS2/c1-14-11-18-19(12-15(14)2)27-21(22-18)24(10-9-23(3)4)20(25)16-7-6-8-17(13-16)26-5/h6-8,11-13H,9-10H2,1-5H3/p+1. The van der Waals surface area contributed by atoms with E-state index in [0.717, 1.165) is 26.8 Å². The molecule has 0 spiro atoms. The number of anilines is 1. The van der Waals surface area contributed by atoms with Gasteiger partial charge in [-0.1, -0.05) is 17.4 Å². The number of likely N-dealkylation sites (N-methyl/N-ethyl adjacent to an activating group) is 1. The summed E-state index contributed by atoms with van der Waals surface area (Å²) in [5, 5.41) is 0.774. The van der Waals surface area contributed by atoms with E-state index in [1.165, 1.54) is 16.0 Å². The first kappa shape index (κ1) is 19.9. The number of fused-ring (bicyclic) bond motifs is 1. The van der Waals surface area contributed by atoms with E-state index in [-0.39, 0.29) is 5.91 Å². The van der Waals surface area contributed by atoms with Gasteiger partial charge in [0, 0.05) is 10.5 Å². The largest absolute Gasteiger partial charge is 0.338 e. The van der Waals surface area contributed by atoms with Gasteiger partial charge in [-0.05, 0) is 61.6 Å². The van der Waals surface area contributed by atoms with Crippen LogP contribution in [0.2, 0.25) is 0 Å². The Morgan fingerprint density at radius 1 is 1.19 bits per heavy atom. The van der Waals surface area contributed by atoms with E-state index >= 15 is 0 Å². The van der Waals surface area contributed by atoms with Crippen LogP contribution in [0.1, 0.15) is 21.5 Å². The highest BCUT2D eigenvalue weighted by atomic mass is 32.2. The summed E-state index contributed by atoms with van der Waals surface area (Å²) < 4.78 is 1.13. The van der Waals surface area contributed by atoms with Crippen molar-refractivity contribution in [1.82, 2.24) is 4.98 Å². The van der Waals surface area contributed by atoms with Crippen molar-refractivity contribution in [2.75, 3.05) is 38.3 Å². The molecule has 0 aliphatic carbocycles. The topological polar surface area (TPSA) is 37.6 Å². The van der Waals surface area contributed by atoms with Gasteiger partial charge in [0.05, 0.1) is 37.4 Å². The van der Waals surface area contributed by atoms with Gasteiger partial charge in [-0.2, -0.15) is 0 Å². The highest BCUT2D eigenvalue weighted by molar-refractivity contribution is 7.98. The first-order valence-corrected chi connectivity index (χ1v) is 11.1. The highest BCUT2D eigenvalue weighted by Gasteiger charge is 2.22. The number of hydrogen-bond donors (Lipinski definition) is 1. The average molecular weight is 401 g/mol. The summed E-state index contributed by atoms with van der Waals surface area (Å²) in [7, 11) is 4.20. The molecule has 0 radical (unpaired) electrons. The van der Waals surface area contributed by atoms with Gasteiger partial charge in [0.1, 0.15) is 0 Å². The molecule has 3 aromatic rings. The van der Waals surface area contributed by atoms with Gasteiger partial charge in [0.2, 0.25) is 0 Å². The van der Waals surface area contributed by atoms with Crippen LogP contribution in [-0.4, -0.2) is 44.3 Å². The average Bonchev–Trinajstić information content (AvgIpc) is 3.04. The van der Waals surface area contributed by atoms with E-state index in [0.29, 0.717) is 12.1 Å². The molecule has 0 fully saturated rings. The van der Waals surface area contributed by atoms with Crippen LogP contribution in [0.15, 0.2) is 41.3 Å². The number of nitrogens with zero attached hydrogens (tertiary/aromatic N) is 2. The third-order valence-electron chi connectivity index (χ3n) is 4.62. The maximum atomic E-state index is 13.3. The smallest absolute Gasteiger partial charge is 0.260 e. The molecule has 27 heavy (non-hydrogen) atoms. The molecule has 0 aliphatic rings. The van der Waals surface area contributed by atoms with Crippen LogP contribution >= 0.6 is 23.1 Å². The molecule has 1 N–H and O–H groups in total. The van der Waals surface area contributed by atoms with Crippen molar-refractivity contribution >= 4 is 44.4 Å². The minimum atomic E-state index is 0.0136. The van der Waals surface area contributed by atoms with E-state index in [2.05, 4.69) is 40.1 Å². The van der Waals surface area contributed by atoms with Crippen LogP contribution < -0.4 is 9.80 Å². The molecule has 0 unspecified atom stereocenters. The van der Waals surface area contributed by atoms with E-state index in [1.54, 1.807) is 23.1 Å². The Bertz CT molecular complexity index is 926. The fourth-order valence-corrected chi connectivity index (χ4v) is 4.34. The lowest BCUT2D eigenvalue weighted by Gasteiger charge is -2.21. The van der Waals surface area contributed by atoms with Gasteiger partial charge in [0.15, 0.2) is 5.13 Å². The third kappa shape index (κ3) is 4.51. The van der Waals surface area contributed by atoms with Crippen molar-refractivity contribution in [2.45, 2.75) is 18.7 Å². The molecule has 0 saturated heterocycles. The second-order valence-corrected chi connectivity index (χ2v) is 8.94. The fraction of sp³-hybridized carbons (Fsp3) is 0.333. The van der Waals surface area contributed by atoms with Crippen LogP contribution in [0.4, 0.5) is 5.13 Å². The first-order chi connectivity index (χ1) is 12.9. The van der Waals surface area contributed by atoms with Crippen molar-refractivity contribution < 1.29 is 9.69 Å². The quantitative estimate of drug-likeness (QED) is 0.644. The number of carbonyl (C=O) groups is 1. The zero-order valence-electron chi connectivity index (χ0n) is 16.5. The Morgan fingerprint density at radius 2 is 1.93 bits per heavy atom. The molecule has 142 valence electrons. The summed E-state index contributed by atoms with van der Waals surface area (Å²) in [5.41, 5.74) is 4.15. The second-order valence-electron chi connectivity index (χ2n) is 7.05. The van der Waals surface area contributed by atoms with Crippen molar-refractivity contribution in [3.63, 3.8) is 0 Å². The number of rotatable bonds is 6. The number of aryl methyl sites for hydroxylation is 2. The number of aromatic nitrogens is 1. The van der Waals surface area contributed by atoms with Crippen molar-refractivity contribution in [2.24, 2.45) is 0 Å². The number of benzene rings is 2. The third-order valence-corrected chi connectivity index (χ3v) is 6.39. The molecular weight excluding hydrogens is 374 g/mol. The van der Waals surface area contributed by atoms with Gasteiger partial charge in [0.25, 0.3) is 5.91 Å². The van der Waals surface area contributed by atoms with Crippen LogP contribution in [0.3, 0.4) is 0 Å². The Morgan fingerprint density at radius 3 is 2.63 bits per heavy atom. The predicted octanol–water partition coefficient (Wildman–Crippen LogP) is 3.43. The van der Waals surface area contributed by atoms with Crippen molar-refractivity contribution in [3.8, 4) is 0 Å². The van der Waals surface area contributed by atoms with E-state index in [9.17, 15) is 4.79 Å². The van der Waals surface area contributed by atoms with Gasteiger partial charge in [-0.25, -0.2) is 4.98 Å². The summed E-state index contributed by atoms with van der Waals surface area (Å²) in [6.45, 7) is 5.71. The predicted molar refractivity (Wildman–Crippen MR) is 117 cm³/mol. The summed E-state index contributed by atoms with van der Waals surface area (Å²) in [4.78, 5) is 22.3. The van der Waals surface area contributed by atoms with Crippen LogP contribution in [0, 0.1) is 13.8 Å². The Hall–Kier alpha value is -1.89. The molecule has 0 bridgehead atoms. The Labute approximate surface area is 169 Å². The van der Waals surface area contributed by atoms with Crippen LogP contribution in [0.5, 0.6) is 0 Å². The number of carbonyl (C=O) groups excluding carboxylic acids is 1. The molecule has 3 rings (SSSR count).